The first-order chi connectivity index (χ1) is 11.0. The van der Waals surface area contributed by atoms with E-state index in [-0.39, 0.29) is 10.9 Å². The van der Waals surface area contributed by atoms with E-state index in [0.29, 0.717) is 11.4 Å². The second-order valence-corrected chi connectivity index (χ2v) is 7.96. The van der Waals surface area contributed by atoms with Gasteiger partial charge in [-0.2, -0.15) is 5.10 Å². The van der Waals surface area contributed by atoms with Gasteiger partial charge in [-0.15, -0.1) is 11.3 Å². The van der Waals surface area contributed by atoms with Crippen LogP contribution in [0.3, 0.4) is 0 Å². The molecule has 1 aromatic carbocycles. The van der Waals surface area contributed by atoms with Crippen molar-refractivity contribution in [3.63, 3.8) is 0 Å². The zero-order valence-corrected chi connectivity index (χ0v) is 14.4. The smallest absolute Gasteiger partial charge is 0.265 e. The van der Waals surface area contributed by atoms with E-state index >= 15 is 0 Å². The van der Waals surface area contributed by atoms with Crippen LogP contribution in [-0.2, 0) is 10.0 Å². The topological polar surface area (TPSA) is 64.0 Å². The normalized spacial score (nSPS) is 11.8. The van der Waals surface area contributed by atoms with Gasteiger partial charge >= 0.3 is 0 Å². The third kappa shape index (κ3) is 3.30. The van der Waals surface area contributed by atoms with E-state index in [4.69, 9.17) is 0 Å². The van der Waals surface area contributed by atoms with Crippen molar-refractivity contribution in [2.45, 2.75) is 24.8 Å². The Morgan fingerprint density at radius 1 is 1.13 bits per heavy atom. The maximum Gasteiger partial charge on any atom is 0.265 e. The molecule has 120 valence electrons. The molecule has 5 nitrogen and oxygen atoms in total. The lowest BCUT2D eigenvalue weighted by molar-refractivity contribution is 0.532. The van der Waals surface area contributed by atoms with Gasteiger partial charge in [0, 0.05) is 17.9 Å². The molecule has 23 heavy (non-hydrogen) atoms. The van der Waals surface area contributed by atoms with Crippen LogP contribution in [0.15, 0.2) is 58.9 Å². The second-order valence-electron chi connectivity index (χ2n) is 5.36. The summed E-state index contributed by atoms with van der Waals surface area (Å²) in [5, 5.41) is 6.38. The van der Waals surface area contributed by atoms with Gasteiger partial charge in [-0.3, -0.25) is 9.40 Å². The fourth-order valence-electron chi connectivity index (χ4n) is 2.14. The van der Waals surface area contributed by atoms with Crippen molar-refractivity contribution in [3.8, 4) is 10.6 Å². The van der Waals surface area contributed by atoms with E-state index in [1.807, 2.05) is 37.4 Å². The molecule has 0 aliphatic carbocycles. The fraction of sp³-hybridized carbons (Fsp3) is 0.188. The first-order valence-electron chi connectivity index (χ1n) is 7.18. The zero-order valence-electron chi connectivity index (χ0n) is 12.8. The maximum atomic E-state index is 12.8. The molecule has 0 saturated heterocycles. The molecule has 0 spiro atoms. The van der Waals surface area contributed by atoms with Crippen molar-refractivity contribution in [1.82, 2.24) is 9.78 Å². The number of rotatable bonds is 5. The summed E-state index contributed by atoms with van der Waals surface area (Å²) in [6, 6.07) is 12.7. The maximum absolute atomic E-state index is 12.8. The van der Waals surface area contributed by atoms with Gasteiger partial charge in [0.1, 0.15) is 10.6 Å². The summed E-state index contributed by atoms with van der Waals surface area (Å²) < 4.78 is 29.9. The summed E-state index contributed by atoms with van der Waals surface area (Å²) in [4.78, 5) is 1.02. The number of para-hydroxylation sites is 1. The van der Waals surface area contributed by atoms with Gasteiger partial charge in [-0.25, -0.2) is 8.42 Å². The second kappa shape index (κ2) is 6.17. The lowest BCUT2D eigenvalue weighted by Crippen LogP contribution is -2.13. The van der Waals surface area contributed by atoms with E-state index < -0.39 is 10.0 Å². The van der Waals surface area contributed by atoms with Crippen LogP contribution in [-0.4, -0.2) is 18.2 Å². The number of hydrogen-bond acceptors (Lipinski definition) is 4. The van der Waals surface area contributed by atoms with Crippen molar-refractivity contribution in [2.75, 3.05) is 4.72 Å². The minimum atomic E-state index is -3.71. The van der Waals surface area contributed by atoms with Crippen LogP contribution in [0.1, 0.15) is 19.9 Å². The van der Waals surface area contributed by atoms with Gasteiger partial charge in [-0.1, -0.05) is 24.3 Å². The quantitative estimate of drug-likeness (QED) is 0.759. The van der Waals surface area contributed by atoms with Crippen molar-refractivity contribution in [3.05, 3.63) is 54.0 Å². The number of nitrogens with zero attached hydrogens (tertiary/aromatic N) is 2. The molecule has 1 N–H and O–H groups in total. The predicted octanol–water partition coefficient (Wildman–Crippen LogP) is 3.99. The van der Waals surface area contributed by atoms with Gasteiger partial charge in [0.2, 0.25) is 0 Å². The number of thiophene rings is 1. The number of anilines is 1. The largest absolute Gasteiger partial charge is 0.280 e. The lowest BCUT2D eigenvalue weighted by Gasteiger charge is -2.07. The molecule has 2 aromatic heterocycles. The standard InChI is InChI=1S/C16H17N3O2S2/c1-12(2)19-11-15(16(17-19)14-9-6-10-22-14)23(20,21)18-13-7-4-3-5-8-13/h3-12,18H,1-2H3. The molecule has 0 radical (unpaired) electrons. The van der Waals surface area contributed by atoms with Crippen LogP contribution in [0, 0.1) is 0 Å². The summed E-state index contributed by atoms with van der Waals surface area (Å²) in [6.07, 6.45) is 1.59. The highest BCUT2D eigenvalue weighted by atomic mass is 32.2. The van der Waals surface area contributed by atoms with E-state index in [9.17, 15) is 8.42 Å². The molecule has 3 aromatic rings. The Hall–Kier alpha value is -2.12. The average molecular weight is 347 g/mol. The van der Waals surface area contributed by atoms with E-state index in [0.717, 1.165) is 4.88 Å². The predicted molar refractivity (Wildman–Crippen MR) is 93.2 cm³/mol. The Morgan fingerprint density at radius 2 is 1.87 bits per heavy atom. The van der Waals surface area contributed by atoms with E-state index in [1.54, 1.807) is 35.1 Å². The molecule has 2 heterocycles. The van der Waals surface area contributed by atoms with E-state index in [1.165, 1.54) is 11.3 Å². The summed E-state index contributed by atoms with van der Waals surface area (Å²) in [5.41, 5.74) is 1.01. The molecule has 0 aliphatic heterocycles. The lowest BCUT2D eigenvalue weighted by atomic mass is 10.3. The van der Waals surface area contributed by atoms with Gasteiger partial charge < -0.3 is 0 Å². The summed E-state index contributed by atoms with van der Waals surface area (Å²) >= 11 is 1.47. The number of sulfonamides is 1. The minimum absolute atomic E-state index is 0.0781. The van der Waals surface area contributed by atoms with Gasteiger partial charge in [-0.05, 0) is 37.4 Å². The van der Waals surface area contributed by atoms with Crippen LogP contribution in [0.25, 0.3) is 10.6 Å². The van der Waals surface area contributed by atoms with Gasteiger partial charge in [0.15, 0.2) is 0 Å². The summed E-state index contributed by atoms with van der Waals surface area (Å²) in [7, 11) is -3.71. The number of aromatic nitrogens is 2. The fourth-order valence-corrected chi connectivity index (χ4v) is 4.13. The molecule has 0 bridgehead atoms. The molecule has 0 saturated carbocycles. The molecule has 7 heteroatoms. The first-order valence-corrected chi connectivity index (χ1v) is 9.54. The van der Waals surface area contributed by atoms with Gasteiger partial charge in [0.05, 0.1) is 4.88 Å². The molecule has 0 amide bonds. The number of nitrogens with one attached hydrogen (secondary N) is 1. The Kier molecular flexibility index (Phi) is 4.23. The van der Waals surface area contributed by atoms with Crippen LogP contribution >= 0.6 is 11.3 Å². The third-order valence-electron chi connectivity index (χ3n) is 3.30. The molecule has 0 fully saturated rings. The Labute approximate surface area is 139 Å². The Morgan fingerprint density at radius 3 is 2.48 bits per heavy atom. The Balaban J connectivity index is 2.07. The average Bonchev–Trinajstić information content (AvgIpc) is 3.17. The van der Waals surface area contributed by atoms with E-state index in [2.05, 4.69) is 9.82 Å². The molecule has 0 unspecified atom stereocenters. The molecule has 3 rings (SSSR count). The monoisotopic (exact) mass is 347 g/mol. The summed E-state index contributed by atoms with van der Waals surface area (Å²) in [5.74, 6) is 0. The summed E-state index contributed by atoms with van der Waals surface area (Å²) in [6.45, 7) is 3.93. The van der Waals surface area contributed by atoms with Crippen LogP contribution in [0.5, 0.6) is 0 Å². The van der Waals surface area contributed by atoms with Crippen LogP contribution in [0.2, 0.25) is 0 Å². The molecule has 0 atom stereocenters. The third-order valence-corrected chi connectivity index (χ3v) is 5.56. The Bertz CT molecular complexity index is 883. The van der Waals surface area contributed by atoms with Gasteiger partial charge in [0.25, 0.3) is 10.0 Å². The van der Waals surface area contributed by atoms with Crippen LogP contribution in [0.4, 0.5) is 5.69 Å². The SMILES string of the molecule is CC(C)n1cc(S(=O)(=O)Nc2ccccc2)c(-c2cccs2)n1. The number of benzene rings is 1. The van der Waals surface area contributed by atoms with Crippen LogP contribution < -0.4 is 4.72 Å². The molecular formula is C16H17N3O2S2. The van der Waals surface area contributed by atoms with Crippen molar-refractivity contribution in [1.29, 1.82) is 0 Å². The van der Waals surface area contributed by atoms with Crippen molar-refractivity contribution < 1.29 is 8.42 Å². The first kappa shape index (κ1) is 15.8. The van der Waals surface area contributed by atoms with Crippen molar-refractivity contribution >= 4 is 27.0 Å². The highest BCUT2D eigenvalue weighted by Gasteiger charge is 2.25. The highest BCUT2D eigenvalue weighted by Crippen LogP contribution is 2.31. The number of hydrogen-bond donors (Lipinski definition) is 1. The zero-order chi connectivity index (χ0) is 16.4. The highest BCUT2D eigenvalue weighted by molar-refractivity contribution is 7.92. The molecular weight excluding hydrogens is 330 g/mol. The van der Waals surface area contributed by atoms with Crippen molar-refractivity contribution in [2.24, 2.45) is 0 Å². The molecule has 0 aliphatic rings. The minimum Gasteiger partial charge on any atom is -0.280 e.